The average molecular weight is 1310 g/mol. The molecule has 6 heterocycles. The number of hydrogen-bond acceptors (Lipinski definition) is 15. The van der Waals surface area contributed by atoms with Gasteiger partial charge in [-0.3, -0.25) is 23.9 Å². The Morgan fingerprint density at radius 1 is 0.522 bits per heavy atom. The second kappa shape index (κ2) is 31.7. The molecule has 5 aromatic carbocycles. The first kappa shape index (κ1) is 64.3. The van der Waals surface area contributed by atoms with Crippen molar-refractivity contribution in [2.24, 2.45) is 0 Å². The molecule has 90 heavy (non-hydrogen) atoms. The number of fused-ring (bicyclic) bond motifs is 1. The van der Waals surface area contributed by atoms with Gasteiger partial charge in [-0.25, -0.2) is 0 Å². The van der Waals surface area contributed by atoms with Gasteiger partial charge in [-0.15, -0.1) is 45.3 Å². The van der Waals surface area contributed by atoms with Crippen LogP contribution < -0.4 is 38.6 Å². The predicted molar refractivity (Wildman–Crippen MR) is 379 cm³/mol. The smallest absolute Gasteiger partial charge is 0.294 e. The average Bonchev–Trinajstić information content (AvgIpc) is 1.66. The molecule has 1 fully saturated rings. The molecule has 0 radical (unpaired) electrons. The predicted octanol–water partition coefficient (Wildman–Crippen LogP) is 18.9. The largest absolute Gasteiger partial charge is 0.494 e. The lowest BCUT2D eigenvalue weighted by molar-refractivity contribution is -0.132. The van der Waals surface area contributed by atoms with Crippen LogP contribution in [0.1, 0.15) is 116 Å². The highest BCUT2D eigenvalue weighted by molar-refractivity contribution is 8.30. The zero-order valence-corrected chi connectivity index (χ0v) is 56.1. The van der Waals surface area contributed by atoms with Crippen LogP contribution in [0.3, 0.4) is 0 Å². The van der Waals surface area contributed by atoms with Gasteiger partial charge in [-0.1, -0.05) is 152 Å². The summed E-state index contributed by atoms with van der Waals surface area (Å²) >= 11 is 13.1. The van der Waals surface area contributed by atoms with Crippen LogP contribution in [0.15, 0.2) is 150 Å². The van der Waals surface area contributed by atoms with E-state index in [1.807, 2.05) is 0 Å². The summed E-state index contributed by atoms with van der Waals surface area (Å²) in [6.45, 7) is 9.28. The highest BCUT2D eigenvalue weighted by Gasteiger charge is 2.34. The number of thiocarbonyl (C=S) groups is 1. The summed E-state index contributed by atoms with van der Waals surface area (Å²) in [5, 5.41) is 0. The Labute approximate surface area is 553 Å². The maximum absolute atomic E-state index is 14.3. The summed E-state index contributed by atoms with van der Waals surface area (Å²) in [5.74, 6) is 2.72. The second-order valence-electron chi connectivity index (χ2n) is 22.3. The molecule has 466 valence electrons. The minimum Gasteiger partial charge on any atom is -0.494 e. The number of benzene rings is 5. The van der Waals surface area contributed by atoms with E-state index < -0.39 is 5.56 Å². The highest BCUT2D eigenvalue weighted by Crippen LogP contribution is 2.51. The van der Waals surface area contributed by atoms with E-state index in [1.165, 1.54) is 121 Å². The lowest BCUT2D eigenvalue weighted by Crippen LogP contribution is -2.34. The van der Waals surface area contributed by atoms with Crippen LogP contribution in [0.4, 0.5) is 17.1 Å². The Morgan fingerprint density at radius 3 is 1.46 bits per heavy atom. The molecule has 11 nitrogen and oxygen atoms in total. The van der Waals surface area contributed by atoms with E-state index in [0.717, 1.165) is 102 Å². The maximum atomic E-state index is 14.3. The van der Waals surface area contributed by atoms with Crippen LogP contribution in [0.5, 0.6) is 23.0 Å². The Kier molecular flexibility index (Phi) is 22.6. The molecule has 0 bridgehead atoms. The van der Waals surface area contributed by atoms with Crippen molar-refractivity contribution in [1.82, 2.24) is 9.47 Å². The Balaban J connectivity index is 0.876. The number of carbonyl (C=O) groups excluding carboxylic acids is 2. The van der Waals surface area contributed by atoms with E-state index in [4.69, 9.17) is 35.9 Å². The number of thioether (sulfide) groups is 1. The highest BCUT2D eigenvalue weighted by atomic mass is 32.2. The van der Waals surface area contributed by atoms with E-state index in [1.54, 1.807) is 33.6 Å². The lowest BCUT2D eigenvalue weighted by atomic mass is 10.1. The van der Waals surface area contributed by atoms with Crippen molar-refractivity contribution in [2.45, 2.75) is 117 Å². The molecule has 1 saturated heterocycles. The minimum absolute atomic E-state index is 0.247. The van der Waals surface area contributed by atoms with Gasteiger partial charge in [0.05, 0.1) is 27.5 Å². The first-order chi connectivity index (χ1) is 44.2. The van der Waals surface area contributed by atoms with Crippen LogP contribution >= 0.6 is 69.3 Å². The summed E-state index contributed by atoms with van der Waals surface area (Å²) in [7, 11) is 0. The molecular weight excluding hydrogens is 1240 g/mol. The van der Waals surface area contributed by atoms with Crippen LogP contribution in [0, 0.1) is 0 Å². The van der Waals surface area contributed by atoms with E-state index in [-0.39, 0.29) is 12.6 Å². The van der Waals surface area contributed by atoms with Crippen LogP contribution in [-0.2, 0) is 21.1 Å². The van der Waals surface area contributed by atoms with Crippen molar-refractivity contribution in [1.29, 1.82) is 0 Å². The first-order valence-electron chi connectivity index (χ1n) is 31.5. The van der Waals surface area contributed by atoms with Crippen LogP contribution in [-0.4, -0.2) is 59.1 Å². The third-order valence-corrected chi connectivity index (χ3v) is 22.1. The van der Waals surface area contributed by atoms with Gasteiger partial charge in [-0.05, 0) is 162 Å². The standard InChI is InChI=1S/C73H75N3O8S6/c1-4-7-10-13-14-15-42-74-71(79)69(90-73(74)85)72-75(48-80-49-77)70(78)65(89-72)47-64-66-67(84-46-45-83-66)68(88-64)54-22-32-57(33-23-54)76(55-28-18-50(19-29-55)60-38-40-62(86-60)52-24-34-58(35-25-52)81-43-16-11-8-5-2)56-30-20-51(21-31-56)61-39-41-63(87-61)53-26-36-59(37-27-53)82-44-17-12-9-6-3/h18-41,47,49H,4-17,42-46,48H2,1-3H3. The van der Waals surface area contributed by atoms with Gasteiger partial charge >= 0.3 is 0 Å². The molecule has 2 aliphatic rings. The monoisotopic (exact) mass is 1310 g/mol. The number of thiophene rings is 3. The molecule has 0 atom stereocenters. The van der Waals surface area contributed by atoms with Gasteiger partial charge < -0.3 is 28.6 Å². The normalized spacial score (nSPS) is 13.8. The molecule has 1 amide bonds. The van der Waals surface area contributed by atoms with Crippen molar-refractivity contribution >= 4 is 114 Å². The number of amides is 1. The quantitative estimate of drug-likeness (QED) is 0.0235. The SMILES string of the molecule is CCCCCCCCN1C(=O)C(=c2sc(=Cc3sc(-c4ccc(N(c5ccc(-c6ccc(-c7ccc(OCCCCCC)cc7)s6)cc5)c5ccc(-c6ccc(-c7ccc(OCCCCCC)cc7)s6)cc5)cc4)c4c3OCCO4)c(=O)n2COC=O)SC1=S. The van der Waals surface area contributed by atoms with Gasteiger partial charge in [-0.2, -0.15) is 0 Å². The fourth-order valence-electron chi connectivity index (χ4n) is 11.0. The summed E-state index contributed by atoms with van der Waals surface area (Å²) in [4.78, 5) is 50.3. The van der Waals surface area contributed by atoms with Gasteiger partial charge in [0.1, 0.15) is 38.6 Å². The molecular formula is C73H75N3O8S6. The number of hydrogen-bond donors (Lipinski definition) is 0. The number of nitrogens with zero attached hydrogens (tertiary/aromatic N) is 3. The molecule has 0 N–H and O–H groups in total. The number of unbranched alkanes of at least 4 members (excludes halogenated alkanes) is 11. The van der Waals surface area contributed by atoms with Gasteiger partial charge in [0.25, 0.3) is 17.9 Å². The molecule has 17 heteroatoms. The van der Waals surface area contributed by atoms with E-state index in [9.17, 15) is 14.4 Å². The number of rotatable bonds is 31. The molecule has 0 aliphatic carbocycles. The second-order valence-corrected chi connectivity index (χ2v) is 28.2. The Bertz CT molecular complexity index is 3910. The topological polar surface area (TPSA) is 109 Å². The molecule has 2 aliphatic heterocycles. The summed E-state index contributed by atoms with van der Waals surface area (Å²) in [6.07, 6.45) is 17.7. The van der Waals surface area contributed by atoms with Crippen molar-refractivity contribution in [3.63, 3.8) is 0 Å². The van der Waals surface area contributed by atoms with E-state index in [0.29, 0.717) is 61.0 Å². The fourth-order valence-corrected chi connectivity index (χ4v) is 16.8. The van der Waals surface area contributed by atoms with Crippen LogP contribution in [0.25, 0.3) is 63.2 Å². The first-order valence-corrected chi connectivity index (χ1v) is 36.0. The number of carbonyl (C=O) groups is 2. The number of anilines is 3. The minimum atomic E-state index is -0.399. The van der Waals surface area contributed by atoms with Crippen molar-refractivity contribution < 1.29 is 33.3 Å². The van der Waals surface area contributed by atoms with E-state index >= 15 is 0 Å². The Hall–Kier alpha value is -7.25. The molecule has 4 aromatic heterocycles. The third kappa shape index (κ3) is 15.5. The molecule has 0 spiro atoms. The van der Waals surface area contributed by atoms with E-state index in [2.05, 4.69) is 171 Å². The summed E-state index contributed by atoms with van der Waals surface area (Å²) < 4.78 is 32.4. The maximum Gasteiger partial charge on any atom is 0.294 e. The molecule has 0 saturated carbocycles. The van der Waals surface area contributed by atoms with Gasteiger partial charge in [0, 0.05) is 43.1 Å². The molecule has 0 unspecified atom stereocenters. The fraction of sp³-hybridized carbons (Fsp3) is 0.315. The zero-order chi connectivity index (χ0) is 62.2. The molecule has 11 rings (SSSR count). The number of ether oxygens (including phenoxy) is 5. The summed E-state index contributed by atoms with van der Waals surface area (Å²) in [6, 6.07) is 51.7. The van der Waals surface area contributed by atoms with Gasteiger partial charge in [0.15, 0.2) is 18.2 Å². The van der Waals surface area contributed by atoms with Crippen molar-refractivity contribution in [3.05, 3.63) is 170 Å². The number of thiazole rings is 1. The summed E-state index contributed by atoms with van der Waals surface area (Å²) in [5.41, 5.74) is 8.07. The lowest BCUT2D eigenvalue weighted by Gasteiger charge is -2.26. The zero-order valence-electron chi connectivity index (χ0n) is 51.2. The third-order valence-electron chi connectivity index (χ3n) is 15.9. The number of aromatic nitrogens is 1. The van der Waals surface area contributed by atoms with Crippen molar-refractivity contribution in [2.75, 3.05) is 37.9 Å². The van der Waals surface area contributed by atoms with Crippen LogP contribution in [0.2, 0.25) is 0 Å². The van der Waals surface area contributed by atoms with Crippen molar-refractivity contribution in [3.8, 4) is 75.2 Å². The van der Waals surface area contributed by atoms with Gasteiger partial charge in [0.2, 0.25) is 0 Å². The Morgan fingerprint density at radius 2 is 0.967 bits per heavy atom. The molecule has 9 aromatic rings.